The number of rotatable bonds is 4. The van der Waals surface area contributed by atoms with E-state index in [0.29, 0.717) is 16.6 Å². The quantitative estimate of drug-likeness (QED) is 0.640. The van der Waals surface area contributed by atoms with Crippen molar-refractivity contribution in [3.05, 3.63) is 53.8 Å². The van der Waals surface area contributed by atoms with E-state index >= 15 is 0 Å². The van der Waals surface area contributed by atoms with Gasteiger partial charge in [-0.3, -0.25) is 0 Å². The summed E-state index contributed by atoms with van der Waals surface area (Å²) in [6.45, 7) is 0. The number of hydrogen-bond donors (Lipinski definition) is 2. The fourth-order valence-electron chi connectivity index (χ4n) is 2.90. The van der Waals surface area contributed by atoms with Crippen LogP contribution in [-0.2, 0) is 0 Å². The smallest absolute Gasteiger partial charge is 0.335 e. The van der Waals surface area contributed by atoms with Gasteiger partial charge in [-0.05, 0) is 30.3 Å². The Morgan fingerprint density at radius 1 is 1.15 bits per heavy atom. The van der Waals surface area contributed by atoms with Crippen LogP contribution in [0.15, 0.2) is 52.7 Å². The van der Waals surface area contributed by atoms with E-state index in [0.717, 1.165) is 11.5 Å². The minimum Gasteiger partial charge on any atom is -0.493 e. The first-order valence-electron chi connectivity index (χ1n) is 7.90. The Hall–Kier alpha value is -2.87. The molecular formula is C18H14FN3O3S. The predicted octanol–water partition coefficient (Wildman–Crippen LogP) is 4.89. The molecule has 1 saturated heterocycles. The van der Waals surface area contributed by atoms with Crippen LogP contribution in [0.1, 0.15) is 16.4 Å². The highest BCUT2D eigenvalue weighted by Crippen LogP contribution is 2.45. The lowest BCUT2D eigenvalue weighted by atomic mass is 10.2. The Morgan fingerprint density at radius 3 is 2.50 bits per heavy atom. The van der Waals surface area contributed by atoms with Crippen LogP contribution in [0.3, 0.4) is 0 Å². The normalized spacial score (nSPS) is 14.8. The molecule has 2 heterocycles. The molecular weight excluding hydrogens is 357 g/mol. The molecule has 1 aromatic heterocycles. The lowest BCUT2D eigenvalue weighted by Crippen LogP contribution is -2.22. The average molecular weight is 371 g/mol. The van der Waals surface area contributed by atoms with Crippen LogP contribution in [0.4, 0.5) is 15.8 Å². The molecule has 0 amide bonds. The molecule has 0 radical (unpaired) electrons. The van der Waals surface area contributed by atoms with Crippen LogP contribution in [0.5, 0.6) is 5.88 Å². The molecule has 8 heteroatoms. The molecule has 1 fully saturated rings. The first kappa shape index (κ1) is 16.6. The van der Waals surface area contributed by atoms with Crippen molar-refractivity contribution in [2.45, 2.75) is 6.04 Å². The van der Waals surface area contributed by atoms with Gasteiger partial charge in [-0.2, -0.15) is 16.9 Å². The van der Waals surface area contributed by atoms with Crippen molar-refractivity contribution in [1.82, 2.24) is 4.57 Å². The number of azo groups is 1. The summed E-state index contributed by atoms with van der Waals surface area (Å²) in [6.07, 6.45) is 0. The van der Waals surface area contributed by atoms with E-state index in [-0.39, 0.29) is 23.2 Å². The number of benzene rings is 2. The molecule has 0 atom stereocenters. The first-order valence-corrected chi connectivity index (χ1v) is 9.06. The number of carbonyl (C=O) groups is 1. The first-order chi connectivity index (χ1) is 12.6. The van der Waals surface area contributed by atoms with E-state index in [1.54, 1.807) is 28.5 Å². The molecule has 6 nitrogen and oxygen atoms in total. The second-order valence-electron chi connectivity index (χ2n) is 5.92. The van der Waals surface area contributed by atoms with Crippen molar-refractivity contribution >= 4 is 40.0 Å². The van der Waals surface area contributed by atoms with Crippen LogP contribution in [0, 0.1) is 5.82 Å². The van der Waals surface area contributed by atoms with Crippen molar-refractivity contribution in [3.8, 4) is 5.88 Å². The highest BCUT2D eigenvalue weighted by Gasteiger charge is 2.29. The summed E-state index contributed by atoms with van der Waals surface area (Å²) in [5, 5.41) is 28.2. The molecule has 1 aliphatic heterocycles. The van der Waals surface area contributed by atoms with E-state index in [9.17, 15) is 14.3 Å². The van der Waals surface area contributed by atoms with E-state index in [1.165, 1.54) is 30.3 Å². The second-order valence-corrected chi connectivity index (χ2v) is 7.00. The fourth-order valence-corrected chi connectivity index (χ4v) is 3.64. The maximum Gasteiger partial charge on any atom is 0.335 e. The maximum atomic E-state index is 14.4. The van der Waals surface area contributed by atoms with Crippen molar-refractivity contribution in [1.29, 1.82) is 0 Å². The highest BCUT2D eigenvalue weighted by atomic mass is 32.2. The molecule has 2 N–H and O–H groups in total. The molecule has 0 bridgehead atoms. The van der Waals surface area contributed by atoms with Gasteiger partial charge in [-0.25, -0.2) is 9.18 Å². The van der Waals surface area contributed by atoms with Gasteiger partial charge >= 0.3 is 5.97 Å². The van der Waals surface area contributed by atoms with Crippen LogP contribution in [0.2, 0.25) is 0 Å². The summed E-state index contributed by atoms with van der Waals surface area (Å²) in [4.78, 5) is 10.9. The van der Waals surface area contributed by atoms with E-state index < -0.39 is 11.8 Å². The fraction of sp³-hybridized carbons (Fsp3) is 0.167. The predicted molar refractivity (Wildman–Crippen MR) is 97.5 cm³/mol. The SMILES string of the molecule is O=C(O)c1ccc(N=Nc2c(O)n(C3CSC3)c3c(F)cccc23)cc1. The molecule has 4 rings (SSSR count). The second kappa shape index (κ2) is 6.45. The number of aromatic carboxylic acids is 1. The standard InChI is InChI=1S/C18H14FN3O3S/c19-14-3-1-2-13-15(17(23)22(16(13)14)12-8-26-9-12)21-20-11-6-4-10(5-7-11)18(24)25/h1-7,12,23H,8-9H2,(H,24,25). The van der Waals surface area contributed by atoms with Gasteiger partial charge in [0.25, 0.3) is 0 Å². The summed E-state index contributed by atoms with van der Waals surface area (Å²) in [7, 11) is 0. The van der Waals surface area contributed by atoms with Gasteiger partial charge in [-0.1, -0.05) is 12.1 Å². The third-order valence-electron chi connectivity index (χ3n) is 4.29. The van der Waals surface area contributed by atoms with Crippen molar-refractivity contribution < 1.29 is 19.4 Å². The van der Waals surface area contributed by atoms with Gasteiger partial charge in [0, 0.05) is 16.9 Å². The van der Waals surface area contributed by atoms with Gasteiger partial charge in [-0.15, -0.1) is 5.11 Å². The van der Waals surface area contributed by atoms with Crippen LogP contribution >= 0.6 is 11.8 Å². The molecule has 0 saturated carbocycles. The molecule has 0 spiro atoms. The summed E-state index contributed by atoms with van der Waals surface area (Å²) >= 11 is 1.73. The Bertz CT molecular complexity index is 1030. The van der Waals surface area contributed by atoms with E-state index in [4.69, 9.17) is 5.11 Å². The molecule has 3 aromatic rings. The van der Waals surface area contributed by atoms with E-state index in [1.807, 2.05) is 0 Å². The zero-order valence-electron chi connectivity index (χ0n) is 13.5. The lowest BCUT2D eigenvalue weighted by molar-refractivity contribution is 0.0697. The molecule has 26 heavy (non-hydrogen) atoms. The number of carboxylic acids is 1. The third kappa shape index (κ3) is 2.72. The number of para-hydroxylation sites is 1. The summed E-state index contributed by atoms with van der Waals surface area (Å²) < 4.78 is 16.0. The van der Waals surface area contributed by atoms with Crippen LogP contribution in [-0.4, -0.2) is 32.3 Å². The van der Waals surface area contributed by atoms with Crippen molar-refractivity contribution in [2.24, 2.45) is 10.2 Å². The molecule has 0 unspecified atom stereocenters. The Balaban J connectivity index is 1.77. The molecule has 1 aliphatic rings. The van der Waals surface area contributed by atoms with Gasteiger partial charge in [0.1, 0.15) is 5.82 Å². The number of aromatic nitrogens is 1. The summed E-state index contributed by atoms with van der Waals surface area (Å²) in [5.41, 5.74) is 1.11. The number of aromatic hydroxyl groups is 1. The Labute approximate surface area is 152 Å². The minimum atomic E-state index is -1.02. The zero-order valence-corrected chi connectivity index (χ0v) is 14.3. The zero-order chi connectivity index (χ0) is 18.3. The third-order valence-corrected chi connectivity index (χ3v) is 5.53. The average Bonchev–Trinajstić information content (AvgIpc) is 2.85. The molecule has 0 aliphatic carbocycles. The van der Waals surface area contributed by atoms with Gasteiger partial charge in [0.2, 0.25) is 5.88 Å². The maximum absolute atomic E-state index is 14.4. The topological polar surface area (TPSA) is 87.2 Å². The summed E-state index contributed by atoms with van der Waals surface area (Å²) in [6, 6.07) is 10.5. The Kier molecular flexibility index (Phi) is 4.12. The number of nitrogens with zero attached hydrogens (tertiary/aromatic N) is 3. The van der Waals surface area contributed by atoms with Gasteiger partial charge < -0.3 is 14.8 Å². The number of halogens is 1. The lowest BCUT2D eigenvalue weighted by Gasteiger charge is -2.27. The number of hydrogen-bond acceptors (Lipinski definition) is 5. The highest BCUT2D eigenvalue weighted by molar-refractivity contribution is 8.00. The molecule has 2 aromatic carbocycles. The summed E-state index contributed by atoms with van der Waals surface area (Å²) in [5.74, 6) is 0.0592. The van der Waals surface area contributed by atoms with Crippen molar-refractivity contribution in [3.63, 3.8) is 0 Å². The van der Waals surface area contributed by atoms with Gasteiger partial charge in [0.15, 0.2) is 5.69 Å². The monoisotopic (exact) mass is 371 g/mol. The molecule has 132 valence electrons. The van der Waals surface area contributed by atoms with Crippen LogP contribution < -0.4 is 0 Å². The van der Waals surface area contributed by atoms with E-state index in [2.05, 4.69) is 10.2 Å². The Morgan fingerprint density at radius 2 is 1.88 bits per heavy atom. The number of carboxylic acid groups (broad SMARTS) is 1. The van der Waals surface area contributed by atoms with Gasteiger partial charge in [0.05, 0.1) is 22.8 Å². The number of thioether (sulfide) groups is 1. The number of fused-ring (bicyclic) bond motifs is 1. The minimum absolute atomic E-state index is 0.0261. The van der Waals surface area contributed by atoms with Crippen LogP contribution in [0.25, 0.3) is 10.9 Å². The largest absolute Gasteiger partial charge is 0.493 e. The van der Waals surface area contributed by atoms with Crippen molar-refractivity contribution in [2.75, 3.05) is 11.5 Å².